The molecule has 3 aromatic rings. The molecular weight excluding hydrogens is 407 g/mol. The molecule has 166 valence electrons. The van der Waals surface area contributed by atoms with Crippen molar-refractivity contribution in [2.24, 2.45) is 0 Å². The normalized spacial score (nSPS) is 15.6. The van der Waals surface area contributed by atoms with Gasteiger partial charge in [-0.1, -0.05) is 24.3 Å². The summed E-state index contributed by atoms with van der Waals surface area (Å²) < 4.78 is 19.2. The van der Waals surface area contributed by atoms with E-state index in [0.29, 0.717) is 18.1 Å². The largest absolute Gasteiger partial charge is 0.497 e. The first-order valence-electron chi connectivity index (χ1n) is 10.7. The molecule has 7 heteroatoms. The highest BCUT2D eigenvalue weighted by molar-refractivity contribution is 5.80. The number of likely N-dealkylation sites (tertiary alicyclic amines) is 1. The third-order valence-electron chi connectivity index (χ3n) is 5.72. The lowest BCUT2D eigenvalue weighted by Gasteiger charge is -2.27. The van der Waals surface area contributed by atoms with Crippen molar-refractivity contribution >= 4 is 11.9 Å². The van der Waals surface area contributed by atoms with Crippen LogP contribution in [-0.2, 0) is 11.2 Å². The molecule has 1 fully saturated rings. The number of aromatic nitrogens is 2. The van der Waals surface area contributed by atoms with Gasteiger partial charge in [-0.3, -0.25) is 4.79 Å². The quantitative estimate of drug-likeness (QED) is 0.580. The number of rotatable bonds is 6. The van der Waals surface area contributed by atoms with Crippen LogP contribution in [0.1, 0.15) is 30.1 Å². The molecule has 0 saturated carbocycles. The molecule has 32 heavy (non-hydrogen) atoms. The molecular formula is C25H27FN4O2. The molecule has 1 saturated heterocycles. The highest BCUT2D eigenvalue weighted by atomic mass is 19.1. The van der Waals surface area contributed by atoms with Gasteiger partial charge in [0.25, 0.3) is 0 Å². The van der Waals surface area contributed by atoms with Gasteiger partial charge in [-0.25, -0.2) is 14.4 Å². The van der Waals surface area contributed by atoms with Crippen LogP contribution in [0, 0.1) is 5.82 Å². The first-order valence-corrected chi connectivity index (χ1v) is 10.7. The van der Waals surface area contributed by atoms with Crippen molar-refractivity contribution in [1.82, 2.24) is 14.9 Å². The fraction of sp³-hybridized carbons (Fsp3) is 0.320. The molecule has 1 aliphatic rings. The Morgan fingerprint density at radius 2 is 2.03 bits per heavy atom. The smallest absolute Gasteiger partial charge is 0.227 e. The van der Waals surface area contributed by atoms with Gasteiger partial charge in [-0.2, -0.15) is 0 Å². The van der Waals surface area contributed by atoms with Crippen molar-refractivity contribution in [3.63, 3.8) is 0 Å². The number of nitrogens with zero attached hydrogens (tertiary/aromatic N) is 4. The van der Waals surface area contributed by atoms with Crippen molar-refractivity contribution in [1.29, 1.82) is 0 Å². The number of hydrogen-bond donors (Lipinski definition) is 0. The first-order chi connectivity index (χ1) is 15.5. The molecule has 1 atom stereocenters. The van der Waals surface area contributed by atoms with Crippen LogP contribution < -0.4 is 9.64 Å². The summed E-state index contributed by atoms with van der Waals surface area (Å²) in [6, 6.07) is 13.8. The second-order valence-electron chi connectivity index (χ2n) is 8.15. The summed E-state index contributed by atoms with van der Waals surface area (Å²) in [5, 5.41) is 0. The summed E-state index contributed by atoms with van der Waals surface area (Å²) in [6.45, 7) is 0.664. The Hall–Kier alpha value is -3.48. The van der Waals surface area contributed by atoms with E-state index in [9.17, 15) is 9.18 Å². The van der Waals surface area contributed by atoms with Crippen LogP contribution in [0.25, 0.3) is 11.1 Å². The lowest BCUT2D eigenvalue weighted by atomic mass is 9.99. The zero-order valence-corrected chi connectivity index (χ0v) is 18.6. The van der Waals surface area contributed by atoms with E-state index in [-0.39, 0.29) is 24.2 Å². The van der Waals surface area contributed by atoms with E-state index in [1.807, 2.05) is 54.2 Å². The van der Waals surface area contributed by atoms with E-state index in [1.54, 1.807) is 19.4 Å². The van der Waals surface area contributed by atoms with Crippen molar-refractivity contribution in [3.8, 4) is 16.9 Å². The molecule has 4 rings (SSSR count). The van der Waals surface area contributed by atoms with E-state index in [2.05, 4.69) is 4.98 Å². The lowest BCUT2D eigenvalue weighted by molar-refractivity contribution is -0.131. The monoisotopic (exact) mass is 434 g/mol. The third kappa shape index (κ3) is 4.56. The number of hydrogen-bond acceptors (Lipinski definition) is 5. The molecule has 2 aromatic carbocycles. The third-order valence-corrected chi connectivity index (χ3v) is 5.72. The van der Waals surface area contributed by atoms with Gasteiger partial charge in [0.2, 0.25) is 11.9 Å². The van der Waals surface area contributed by atoms with Crippen molar-refractivity contribution < 1.29 is 13.9 Å². The van der Waals surface area contributed by atoms with E-state index < -0.39 is 0 Å². The zero-order valence-electron chi connectivity index (χ0n) is 18.6. The van der Waals surface area contributed by atoms with Crippen LogP contribution in [-0.4, -0.2) is 48.5 Å². The molecule has 0 radical (unpaired) electrons. The standard InChI is InChI=1S/C25H27FN4O2/c1-29(2)25-27-16-21(18-8-5-9-19(26)15-18)24(28-25)22-11-6-12-30(22)23(31)14-17-7-4-10-20(13-17)32-3/h4-5,7-10,13,15-16,22H,6,11-12,14H2,1-3H3/t22-/m0/s1. The fourth-order valence-corrected chi connectivity index (χ4v) is 4.14. The van der Waals surface area contributed by atoms with Gasteiger partial charge in [0.15, 0.2) is 0 Å². The Balaban J connectivity index is 1.69. The molecule has 0 bridgehead atoms. The predicted molar refractivity (Wildman–Crippen MR) is 122 cm³/mol. The Morgan fingerprint density at radius 1 is 1.22 bits per heavy atom. The summed E-state index contributed by atoms with van der Waals surface area (Å²) >= 11 is 0. The molecule has 0 unspecified atom stereocenters. The maximum Gasteiger partial charge on any atom is 0.227 e. The van der Waals surface area contributed by atoms with Crippen LogP contribution in [0.15, 0.2) is 54.7 Å². The second-order valence-corrected chi connectivity index (χ2v) is 8.15. The average Bonchev–Trinajstić information content (AvgIpc) is 3.29. The van der Waals surface area contributed by atoms with Crippen LogP contribution in [0.2, 0.25) is 0 Å². The summed E-state index contributed by atoms with van der Waals surface area (Å²) in [5.41, 5.74) is 3.12. The molecule has 1 aromatic heterocycles. The minimum absolute atomic E-state index is 0.0379. The summed E-state index contributed by atoms with van der Waals surface area (Å²) in [6.07, 6.45) is 3.71. The lowest BCUT2D eigenvalue weighted by Crippen LogP contribution is -2.32. The molecule has 0 aliphatic carbocycles. The van der Waals surface area contributed by atoms with Gasteiger partial charge in [0, 0.05) is 32.4 Å². The van der Waals surface area contributed by atoms with Crippen LogP contribution in [0.5, 0.6) is 5.75 Å². The number of methoxy groups -OCH3 is 1. The minimum Gasteiger partial charge on any atom is -0.497 e. The predicted octanol–water partition coefficient (Wildman–Crippen LogP) is 4.26. The minimum atomic E-state index is -0.317. The van der Waals surface area contributed by atoms with Crippen molar-refractivity contribution in [3.05, 3.63) is 71.8 Å². The van der Waals surface area contributed by atoms with E-state index in [0.717, 1.165) is 35.4 Å². The number of anilines is 1. The number of benzene rings is 2. The molecule has 1 amide bonds. The first kappa shape index (κ1) is 21.7. The molecule has 0 N–H and O–H groups in total. The maximum absolute atomic E-state index is 14.0. The highest BCUT2D eigenvalue weighted by Crippen LogP contribution is 2.37. The van der Waals surface area contributed by atoms with Gasteiger partial charge in [0.1, 0.15) is 11.6 Å². The topological polar surface area (TPSA) is 58.6 Å². The SMILES string of the molecule is COc1cccc(CC(=O)N2CCC[C@H]2c2nc(N(C)C)ncc2-c2cccc(F)c2)c1. The Bertz CT molecular complexity index is 1120. The van der Waals surface area contributed by atoms with Gasteiger partial charge in [-0.15, -0.1) is 0 Å². The van der Waals surface area contributed by atoms with Gasteiger partial charge in [-0.05, 0) is 48.2 Å². The van der Waals surface area contributed by atoms with Gasteiger partial charge >= 0.3 is 0 Å². The number of ether oxygens (including phenoxy) is 1. The molecule has 1 aliphatic heterocycles. The maximum atomic E-state index is 14.0. The molecule has 0 spiro atoms. The number of halogens is 1. The Labute approximate surface area is 187 Å². The van der Waals surface area contributed by atoms with E-state index in [4.69, 9.17) is 9.72 Å². The highest BCUT2D eigenvalue weighted by Gasteiger charge is 2.33. The summed E-state index contributed by atoms with van der Waals surface area (Å²) in [7, 11) is 5.37. The fourth-order valence-electron chi connectivity index (χ4n) is 4.14. The summed E-state index contributed by atoms with van der Waals surface area (Å²) in [4.78, 5) is 26.3. The van der Waals surface area contributed by atoms with Crippen LogP contribution in [0.3, 0.4) is 0 Å². The number of carbonyl (C=O) groups is 1. The summed E-state index contributed by atoms with van der Waals surface area (Å²) in [5.74, 6) is 1.01. The Morgan fingerprint density at radius 3 is 2.78 bits per heavy atom. The zero-order chi connectivity index (χ0) is 22.7. The van der Waals surface area contributed by atoms with Crippen LogP contribution in [0.4, 0.5) is 10.3 Å². The van der Waals surface area contributed by atoms with Gasteiger partial charge < -0.3 is 14.5 Å². The number of carbonyl (C=O) groups excluding carboxylic acids is 1. The van der Waals surface area contributed by atoms with E-state index >= 15 is 0 Å². The number of amides is 1. The van der Waals surface area contributed by atoms with Crippen molar-refractivity contribution in [2.45, 2.75) is 25.3 Å². The Kier molecular flexibility index (Phi) is 6.35. The van der Waals surface area contributed by atoms with E-state index in [1.165, 1.54) is 12.1 Å². The molecule has 2 heterocycles. The van der Waals surface area contributed by atoms with Crippen molar-refractivity contribution in [2.75, 3.05) is 32.6 Å². The van der Waals surface area contributed by atoms with Crippen LogP contribution >= 0.6 is 0 Å². The van der Waals surface area contributed by atoms with Gasteiger partial charge in [0.05, 0.1) is 25.3 Å². The molecule has 6 nitrogen and oxygen atoms in total. The average molecular weight is 435 g/mol. The second kappa shape index (κ2) is 9.34.